The number of nitrogen functional groups attached to an aromatic ring is 1. The molecule has 0 spiro atoms. The van der Waals surface area contributed by atoms with Crippen LogP contribution in [0.4, 0.5) is 9.70 Å². The number of hydrogen-bond donors (Lipinski definition) is 2. The highest BCUT2D eigenvalue weighted by molar-refractivity contribution is 7.86. The first kappa shape index (κ1) is 8.65. The SMILES string of the molecule is Nc1[nH]c(=O)ncc1S(=O)(=O)F. The van der Waals surface area contributed by atoms with Gasteiger partial charge >= 0.3 is 15.9 Å². The minimum atomic E-state index is -4.91. The van der Waals surface area contributed by atoms with Crippen LogP contribution < -0.4 is 11.4 Å². The highest BCUT2D eigenvalue weighted by Gasteiger charge is 2.16. The number of rotatable bonds is 1. The molecule has 0 unspecified atom stereocenters. The zero-order valence-electron chi connectivity index (χ0n) is 5.61. The Morgan fingerprint density at radius 2 is 2.17 bits per heavy atom. The molecule has 0 aliphatic heterocycles. The smallest absolute Gasteiger partial charge is 0.346 e. The quantitative estimate of drug-likeness (QED) is 0.557. The van der Waals surface area contributed by atoms with Gasteiger partial charge in [0.15, 0.2) is 4.90 Å². The number of nitrogens with one attached hydrogen (secondary N) is 1. The molecule has 1 heterocycles. The van der Waals surface area contributed by atoms with Gasteiger partial charge in [-0.3, -0.25) is 4.98 Å². The fourth-order valence-corrected chi connectivity index (χ4v) is 1.08. The first-order chi connectivity index (χ1) is 5.41. The molecule has 8 heteroatoms. The van der Waals surface area contributed by atoms with Gasteiger partial charge in [0.2, 0.25) is 0 Å². The Balaban J connectivity index is 3.49. The number of nitrogens with two attached hydrogens (primary N) is 1. The maximum atomic E-state index is 12.2. The van der Waals surface area contributed by atoms with Crippen molar-refractivity contribution < 1.29 is 12.3 Å². The van der Waals surface area contributed by atoms with E-state index in [0.29, 0.717) is 6.20 Å². The van der Waals surface area contributed by atoms with Gasteiger partial charge in [-0.25, -0.2) is 9.78 Å². The molecule has 0 fully saturated rings. The summed E-state index contributed by atoms with van der Waals surface area (Å²) in [6.45, 7) is 0. The van der Waals surface area contributed by atoms with Crippen molar-refractivity contribution in [3.05, 3.63) is 16.7 Å². The zero-order valence-corrected chi connectivity index (χ0v) is 6.43. The van der Waals surface area contributed by atoms with Gasteiger partial charge < -0.3 is 5.73 Å². The number of anilines is 1. The number of hydrogen-bond acceptors (Lipinski definition) is 5. The van der Waals surface area contributed by atoms with Crippen molar-refractivity contribution in [2.24, 2.45) is 0 Å². The third-order valence-electron chi connectivity index (χ3n) is 1.07. The molecule has 3 N–H and O–H groups in total. The second-order valence-electron chi connectivity index (χ2n) is 1.90. The molecule has 66 valence electrons. The van der Waals surface area contributed by atoms with E-state index in [9.17, 15) is 17.1 Å². The zero-order chi connectivity index (χ0) is 9.35. The summed E-state index contributed by atoms with van der Waals surface area (Å²) in [4.78, 5) is 14.4. The van der Waals surface area contributed by atoms with E-state index in [1.54, 1.807) is 0 Å². The van der Waals surface area contributed by atoms with Crippen LogP contribution in [0.15, 0.2) is 15.9 Å². The molecule has 0 atom stereocenters. The van der Waals surface area contributed by atoms with E-state index in [2.05, 4.69) is 4.98 Å². The second kappa shape index (κ2) is 2.55. The molecule has 6 nitrogen and oxygen atoms in total. The van der Waals surface area contributed by atoms with Crippen LogP contribution >= 0.6 is 0 Å². The molecule has 0 aromatic carbocycles. The van der Waals surface area contributed by atoms with E-state index in [-0.39, 0.29) is 0 Å². The van der Waals surface area contributed by atoms with Crippen LogP contribution in [-0.4, -0.2) is 18.4 Å². The molecule has 0 amide bonds. The van der Waals surface area contributed by atoms with Gasteiger partial charge in [-0.1, -0.05) is 0 Å². The van der Waals surface area contributed by atoms with Crippen LogP contribution in [0.3, 0.4) is 0 Å². The summed E-state index contributed by atoms with van der Waals surface area (Å²) in [5.74, 6) is -0.558. The van der Waals surface area contributed by atoms with Crippen molar-refractivity contribution in [3.8, 4) is 0 Å². The topological polar surface area (TPSA) is 106 Å². The minimum Gasteiger partial charge on any atom is -0.384 e. The molecule has 1 aromatic heterocycles. The van der Waals surface area contributed by atoms with E-state index in [1.165, 1.54) is 0 Å². The molecule has 0 saturated heterocycles. The van der Waals surface area contributed by atoms with Crippen LogP contribution in [0.2, 0.25) is 0 Å². The van der Waals surface area contributed by atoms with E-state index < -0.39 is 26.6 Å². The average molecular weight is 193 g/mol. The Kier molecular flexibility index (Phi) is 1.84. The summed E-state index contributed by atoms with van der Waals surface area (Å²) in [5, 5.41) is 0. The number of H-pyrrole nitrogens is 1. The van der Waals surface area contributed by atoms with Crippen LogP contribution in [0.1, 0.15) is 0 Å². The van der Waals surface area contributed by atoms with Crippen molar-refractivity contribution in [2.45, 2.75) is 4.90 Å². The molecule has 1 rings (SSSR count). The Hall–Kier alpha value is -1.44. The summed E-state index contributed by atoms with van der Waals surface area (Å²) >= 11 is 0. The fraction of sp³-hybridized carbons (Fsp3) is 0. The molecule has 0 saturated carbocycles. The average Bonchev–Trinajstić information content (AvgIpc) is 1.83. The minimum absolute atomic E-state index is 0.558. The van der Waals surface area contributed by atoms with Gasteiger partial charge in [-0.05, 0) is 0 Å². The van der Waals surface area contributed by atoms with Gasteiger partial charge in [-0.15, -0.1) is 3.89 Å². The van der Waals surface area contributed by atoms with Crippen LogP contribution in [0.5, 0.6) is 0 Å². The van der Waals surface area contributed by atoms with Crippen LogP contribution in [0, 0.1) is 0 Å². The van der Waals surface area contributed by atoms with Gasteiger partial charge in [0.1, 0.15) is 5.82 Å². The molecule has 12 heavy (non-hydrogen) atoms. The molecular formula is C4H4FN3O3S. The van der Waals surface area contributed by atoms with Gasteiger partial charge in [0.25, 0.3) is 0 Å². The second-order valence-corrected chi connectivity index (χ2v) is 3.22. The third kappa shape index (κ3) is 1.59. The molecule has 0 aliphatic rings. The van der Waals surface area contributed by atoms with Crippen molar-refractivity contribution in [1.29, 1.82) is 0 Å². The summed E-state index contributed by atoms with van der Waals surface area (Å²) in [6.07, 6.45) is 0.559. The van der Waals surface area contributed by atoms with Crippen molar-refractivity contribution >= 4 is 16.0 Å². The van der Waals surface area contributed by atoms with E-state index in [0.717, 1.165) is 0 Å². The van der Waals surface area contributed by atoms with Gasteiger partial charge in [0, 0.05) is 0 Å². The van der Waals surface area contributed by atoms with E-state index >= 15 is 0 Å². The van der Waals surface area contributed by atoms with Crippen molar-refractivity contribution in [2.75, 3.05) is 5.73 Å². The molecule has 0 aliphatic carbocycles. The number of nitrogens with zero attached hydrogens (tertiary/aromatic N) is 1. The summed E-state index contributed by atoms with van der Waals surface area (Å²) in [7, 11) is -4.91. The van der Waals surface area contributed by atoms with E-state index in [4.69, 9.17) is 5.73 Å². The summed E-state index contributed by atoms with van der Waals surface area (Å²) in [6, 6.07) is 0. The van der Waals surface area contributed by atoms with Crippen molar-refractivity contribution in [3.63, 3.8) is 0 Å². The van der Waals surface area contributed by atoms with Gasteiger partial charge in [0.05, 0.1) is 6.20 Å². The lowest BCUT2D eigenvalue weighted by Crippen LogP contribution is -2.14. The largest absolute Gasteiger partial charge is 0.384 e. The predicted octanol–water partition coefficient (Wildman–Crippen LogP) is -0.990. The maximum absolute atomic E-state index is 12.2. The first-order valence-corrected chi connectivity index (χ1v) is 4.09. The Morgan fingerprint density at radius 1 is 1.58 bits per heavy atom. The van der Waals surface area contributed by atoms with Crippen molar-refractivity contribution in [1.82, 2.24) is 9.97 Å². The Morgan fingerprint density at radius 3 is 2.58 bits per heavy atom. The van der Waals surface area contributed by atoms with Crippen LogP contribution in [-0.2, 0) is 10.2 Å². The molecule has 1 aromatic rings. The third-order valence-corrected chi connectivity index (χ3v) is 1.92. The lowest BCUT2D eigenvalue weighted by atomic mass is 10.6. The summed E-state index contributed by atoms with van der Waals surface area (Å²) < 4.78 is 32.8. The Bertz CT molecular complexity index is 451. The summed E-state index contributed by atoms with van der Waals surface area (Å²) in [5.41, 5.74) is 4.16. The van der Waals surface area contributed by atoms with Gasteiger partial charge in [-0.2, -0.15) is 8.42 Å². The molecule has 0 bridgehead atoms. The highest BCUT2D eigenvalue weighted by Crippen LogP contribution is 2.14. The first-order valence-electron chi connectivity index (χ1n) is 2.71. The fourth-order valence-electron chi connectivity index (χ4n) is 0.590. The lowest BCUT2D eigenvalue weighted by molar-refractivity contribution is 0.551. The monoisotopic (exact) mass is 193 g/mol. The molecule has 0 radical (unpaired) electrons. The Labute approximate surface area is 66.5 Å². The standard InChI is InChI=1S/C4H4FN3O3S/c5-12(10,11)2-1-7-4(9)8-3(2)6/h1H,(H3,6,7,8,9). The number of aromatic nitrogens is 2. The lowest BCUT2D eigenvalue weighted by Gasteiger charge is -1.96. The van der Waals surface area contributed by atoms with E-state index in [1.807, 2.05) is 4.98 Å². The number of halogens is 1. The predicted molar refractivity (Wildman–Crippen MR) is 37.6 cm³/mol. The van der Waals surface area contributed by atoms with Crippen LogP contribution in [0.25, 0.3) is 0 Å². The molecular weight excluding hydrogens is 189 g/mol. The number of aromatic amines is 1. The maximum Gasteiger partial charge on any atom is 0.346 e. The normalized spacial score (nSPS) is 11.4. The highest BCUT2D eigenvalue weighted by atomic mass is 32.3.